The highest BCUT2D eigenvalue weighted by atomic mass is 35.5. The van der Waals surface area contributed by atoms with Gasteiger partial charge in [0.2, 0.25) is 0 Å². The predicted molar refractivity (Wildman–Crippen MR) is 157 cm³/mol. The van der Waals surface area contributed by atoms with Crippen LogP contribution in [-0.2, 0) is 26.6 Å². The van der Waals surface area contributed by atoms with Gasteiger partial charge in [0.15, 0.2) is 6.10 Å². The van der Waals surface area contributed by atoms with Crippen LogP contribution >= 0.6 is 11.6 Å². The molecule has 3 aromatic rings. The number of hydrogen-bond donors (Lipinski definition) is 1. The van der Waals surface area contributed by atoms with Gasteiger partial charge in [-0.15, -0.1) is 0 Å². The highest BCUT2D eigenvalue weighted by molar-refractivity contribution is 7.92. The standard InChI is InChI=1S/C29H35ClN4O6S/c1-5-33(21-12-8-6-9-13-21)27(35)20(3)40-29(37)24-18-23(16-17-25(24)30)41(38,39)31-26-19(2)32(4)34(28(26)36)22-14-10-7-11-15-22/h7,10-11,14-18,20-21,31H,5-6,8-9,12-13H2,1-4H3/t20-/m1/s1. The Bertz CT molecular complexity index is 1590. The summed E-state index contributed by atoms with van der Waals surface area (Å²) in [5.74, 6) is -1.22. The van der Waals surface area contributed by atoms with E-state index in [1.807, 2.05) is 13.0 Å². The van der Waals surface area contributed by atoms with Crippen LogP contribution in [0.5, 0.6) is 0 Å². The lowest BCUT2D eigenvalue weighted by Gasteiger charge is -2.35. The Morgan fingerprint density at radius 2 is 1.78 bits per heavy atom. The van der Waals surface area contributed by atoms with Crippen molar-refractivity contribution in [1.82, 2.24) is 14.3 Å². The van der Waals surface area contributed by atoms with Gasteiger partial charge in [0.25, 0.3) is 21.5 Å². The van der Waals surface area contributed by atoms with Crippen molar-refractivity contribution in [3.8, 4) is 5.69 Å². The van der Waals surface area contributed by atoms with E-state index in [0.717, 1.165) is 38.2 Å². The van der Waals surface area contributed by atoms with E-state index in [0.29, 0.717) is 17.9 Å². The molecular weight excluding hydrogens is 568 g/mol. The van der Waals surface area contributed by atoms with Gasteiger partial charge in [0.1, 0.15) is 5.69 Å². The quantitative estimate of drug-likeness (QED) is 0.356. The molecule has 0 bridgehead atoms. The summed E-state index contributed by atoms with van der Waals surface area (Å²) in [4.78, 5) is 40.9. The fourth-order valence-electron chi connectivity index (χ4n) is 5.20. The number of nitrogens with one attached hydrogen (secondary N) is 1. The molecule has 0 unspecified atom stereocenters. The van der Waals surface area contributed by atoms with Gasteiger partial charge in [-0.2, -0.15) is 0 Å². The summed E-state index contributed by atoms with van der Waals surface area (Å²) in [7, 11) is -2.66. The number of rotatable bonds is 9. The molecule has 220 valence electrons. The summed E-state index contributed by atoms with van der Waals surface area (Å²) in [6.45, 7) is 5.51. The Morgan fingerprint density at radius 3 is 2.41 bits per heavy atom. The molecular formula is C29H35ClN4O6S. The Kier molecular flexibility index (Phi) is 9.28. The Labute approximate surface area is 244 Å². The third-order valence-electron chi connectivity index (χ3n) is 7.53. The molecule has 4 rings (SSSR count). The van der Waals surface area contributed by atoms with E-state index in [1.54, 1.807) is 47.8 Å². The van der Waals surface area contributed by atoms with E-state index in [1.165, 1.54) is 23.7 Å². The zero-order valence-corrected chi connectivity index (χ0v) is 25.2. The fraction of sp³-hybridized carbons (Fsp3) is 0.414. The molecule has 1 atom stereocenters. The zero-order valence-electron chi connectivity index (χ0n) is 23.6. The van der Waals surface area contributed by atoms with Crippen LogP contribution in [0.3, 0.4) is 0 Å². The molecule has 0 radical (unpaired) electrons. The van der Waals surface area contributed by atoms with Crippen LogP contribution in [0.4, 0.5) is 5.69 Å². The van der Waals surface area contributed by atoms with E-state index in [4.69, 9.17) is 16.3 Å². The molecule has 0 spiro atoms. The minimum atomic E-state index is -4.31. The largest absolute Gasteiger partial charge is 0.449 e. The molecule has 1 saturated carbocycles. The fourth-order valence-corrected chi connectivity index (χ4v) is 6.54. The molecule has 12 heteroatoms. The van der Waals surface area contributed by atoms with E-state index in [9.17, 15) is 22.8 Å². The van der Waals surface area contributed by atoms with Crippen molar-refractivity contribution in [1.29, 1.82) is 0 Å². The average Bonchev–Trinajstić information content (AvgIpc) is 3.16. The third kappa shape index (κ3) is 6.36. The number of amides is 1. The van der Waals surface area contributed by atoms with Crippen molar-refractivity contribution in [3.05, 3.63) is 75.2 Å². The van der Waals surface area contributed by atoms with E-state index < -0.39 is 27.7 Å². The second kappa shape index (κ2) is 12.5. The van der Waals surface area contributed by atoms with E-state index in [2.05, 4.69) is 4.72 Å². The lowest BCUT2D eigenvalue weighted by atomic mass is 9.94. The summed E-state index contributed by atoms with van der Waals surface area (Å²) >= 11 is 6.25. The van der Waals surface area contributed by atoms with E-state index in [-0.39, 0.29) is 33.1 Å². The molecule has 2 aromatic carbocycles. The molecule has 1 heterocycles. The number of nitrogens with zero attached hydrogens (tertiary/aromatic N) is 3. The molecule has 1 fully saturated rings. The summed E-state index contributed by atoms with van der Waals surface area (Å²) in [6.07, 6.45) is 3.99. The Hall–Kier alpha value is -3.57. The van der Waals surface area contributed by atoms with Gasteiger partial charge in [-0.25, -0.2) is 17.9 Å². The maximum absolute atomic E-state index is 13.4. The molecule has 0 saturated heterocycles. The van der Waals surface area contributed by atoms with Gasteiger partial charge in [0, 0.05) is 19.6 Å². The van der Waals surface area contributed by atoms with Crippen LogP contribution in [-0.4, -0.2) is 53.2 Å². The number of carbonyl (C=O) groups is 2. The number of sulfonamides is 1. The number of likely N-dealkylation sites (N-methyl/N-ethyl adjacent to an activating group) is 1. The van der Waals surface area contributed by atoms with Gasteiger partial charge in [-0.05, 0) is 63.9 Å². The molecule has 41 heavy (non-hydrogen) atoms. The van der Waals surface area contributed by atoms with Crippen molar-refractivity contribution in [2.45, 2.75) is 69.9 Å². The topological polar surface area (TPSA) is 120 Å². The summed E-state index contributed by atoms with van der Waals surface area (Å²) in [6, 6.07) is 12.5. The van der Waals surface area contributed by atoms with Gasteiger partial charge >= 0.3 is 5.97 Å². The molecule has 1 N–H and O–H groups in total. The minimum Gasteiger partial charge on any atom is -0.449 e. The van der Waals surface area contributed by atoms with Crippen LogP contribution in [0.1, 0.15) is 62.0 Å². The lowest BCUT2D eigenvalue weighted by molar-refractivity contribution is -0.142. The van der Waals surface area contributed by atoms with Gasteiger partial charge in [0.05, 0.1) is 26.9 Å². The minimum absolute atomic E-state index is 0.0319. The molecule has 1 amide bonds. The van der Waals surface area contributed by atoms with Crippen LogP contribution in [0.2, 0.25) is 5.02 Å². The monoisotopic (exact) mass is 602 g/mol. The highest BCUT2D eigenvalue weighted by Crippen LogP contribution is 2.26. The molecule has 10 nitrogen and oxygen atoms in total. The number of ether oxygens (including phenoxy) is 1. The number of benzene rings is 2. The summed E-state index contributed by atoms with van der Waals surface area (Å²) in [5.41, 5.74) is 0.0678. The number of hydrogen-bond acceptors (Lipinski definition) is 6. The predicted octanol–water partition coefficient (Wildman–Crippen LogP) is 4.67. The smallest absolute Gasteiger partial charge is 0.340 e. The lowest BCUT2D eigenvalue weighted by Crippen LogP contribution is -2.46. The average molecular weight is 603 g/mol. The van der Waals surface area contributed by atoms with Crippen LogP contribution in [0.15, 0.2) is 58.2 Å². The summed E-state index contributed by atoms with van der Waals surface area (Å²) < 4.78 is 37.4. The van der Waals surface area contributed by atoms with Crippen LogP contribution < -0.4 is 10.3 Å². The number of aromatic nitrogens is 2. The van der Waals surface area contributed by atoms with Gasteiger partial charge in [-0.1, -0.05) is 49.1 Å². The van der Waals surface area contributed by atoms with E-state index >= 15 is 0 Å². The van der Waals surface area contributed by atoms with Gasteiger partial charge in [-0.3, -0.25) is 19.0 Å². The van der Waals surface area contributed by atoms with Gasteiger partial charge < -0.3 is 9.64 Å². The first-order chi connectivity index (χ1) is 19.5. The molecule has 1 aliphatic carbocycles. The van der Waals surface area contributed by atoms with Crippen molar-refractivity contribution < 1.29 is 22.7 Å². The number of anilines is 1. The first-order valence-electron chi connectivity index (χ1n) is 13.6. The Morgan fingerprint density at radius 1 is 1.12 bits per heavy atom. The maximum atomic E-state index is 13.4. The SMILES string of the molecule is CCN(C(=O)[C@@H](C)OC(=O)c1cc(S(=O)(=O)Nc2c(C)n(C)n(-c3ccccc3)c2=O)ccc1Cl)C1CCCCC1. The van der Waals surface area contributed by atoms with Crippen LogP contribution in [0.25, 0.3) is 5.69 Å². The highest BCUT2D eigenvalue weighted by Gasteiger charge is 2.31. The van der Waals surface area contributed by atoms with Crippen molar-refractivity contribution >= 4 is 39.2 Å². The number of carbonyl (C=O) groups excluding carboxylic acids is 2. The number of halogens is 1. The second-order valence-corrected chi connectivity index (χ2v) is 12.2. The zero-order chi connectivity index (χ0) is 29.9. The van der Waals surface area contributed by atoms with Crippen molar-refractivity contribution in [2.24, 2.45) is 7.05 Å². The second-order valence-electron chi connectivity index (χ2n) is 10.1. The molecule has 1 aromatic heterocycles. The summed E-state index contributed by atoms with van der Waals surface area (Å²) in [5, 5.41) is -0.0319. The number of para-hydroxylation sites is 1. The Balaban J connectivity index is 1.56. The molecule has 0 aliphatic heterocycles. The first kappa shape index (κ1) is 30.4. The van der Waals surface area contributed by atoms with Crippen molar-refractivity contribution in [2.75, 3.05) is 11.3 Å². The first-order valence-corrected chi connectivity index (χ1v) is 15.5. The van der Waals surface area contributed by atoms with Crippen LogP contribution in [0, 0.1) is 6.92 Å². The normalized spacial score (nSPS) is 14.9. The maximum Gasteiger partial charge on any atom is 0.340 e. The number of esters is 1. The third-order valence-corrected chi connectivity index (χ3v) is 9.21. The van der Waals surface area contributed by atoms with Crippen molar-refractivity contribution in [3.63, 3.8) is 0 Å². The molecule has 1 aliphatic rings.